The van der Waals surface area contributed by atoms with Crippen LogP contribution >= 0.6 is 0 Å². The van der Waals surface area contributed by atoms with Crippen LogP contribution in [0.5, 0.6) is 0 Å². The average Bonchev–Trinajstić information content (AvgIpc) is 2.95. The Morgan fingerprint density at radius 3 is 2.50 bits per heavy atom. The average molecular weight is 302 g/mol. The third-order valence-electron chi connectivity index (χ3n) is 3.02. The monoisotopic (exact) mass is 302 g/mol. The van der Waals surface area contributed by atoms with Gasteiger partial charge >= 0.3 is 0 Å². The zero-order chi connectivity index (χ0) is 16.1. The Hall–Kier alpha value is -2.70. The Morgan fingerprint density at radius 2 is 1.95 bits per heavy atom. The van der Waals surface area contributed by atoms with E-state index in [-0.39, 0.29) is 18.2 Å². The van der Waals surface area contributed by atoms with Crippen LogP contribution in [0.25, 0.3) is 0 Å². The fourth-order valence-corrected chi connectivity index (χ4v) is 1.77. The van der Waals surface area contributed by atoms with Crippen LogP contribution in [0.4, 0.5) is 5.69 Å². The Morgan fingerprint density at radius 1 is 1.27 bits per heavy atom. The molecule has 2 amide bonds. The number of hydrogen-bond acceptors (Lipinski definition) is 5. The number of nitrogens with two attached hydrogens (primary N) is 1. The number of carbonyl (C=O) groups is 2. The second-order valence-electron chi connectivity index (χ2n) is 5.19. The molecule has 2 aromatic rings. The van der Waals surface area contributed by atoms with Crippen LogP contribution in [0.15, 0.2) is 28.8 Å². The molecule has 22 heavy (non-hydrogen) atoms. The lowest BCUT2D eigenvalue weighted by molar-refractivity contribution is -0.116. The van der Waals surface area contributed by atoms with E-state index in [1.54, 1.807) is 24.3 Å². The number of rotatable bonds is 6. The van der Waals surface area contributed by atoms with Crippen LogP contribution in [-0.2, 0) is 11.2 Å². The first kappa shape index (κ1) is 15.7. The van der Waals surface area contributed by atoms with Gasteiger partial charge in [-0.3, -0.25) is 9.59 Å². The first-order valence-corrected chi connectivity index (χ1v) is 6.98. The Bertz CT molecular complexity index is 662. The fraction of sp³-hybridized carbons (Fsp3) is 0.333. The second-order valence-corrected chi connectivity index (χ2v) is 5.19. The maximum absolute atomic E-state index is 11.9. The molecule has 0 saturated carbocycles. The molecule has 1 aromatic heterocycles. The summed E-state index contributed by atoms with van der Waals surface area (Å²) >= 11 is 0. The normalized spacial score (nSPS) is 10.7. The van der Waals surface area contributed by atoms with E-state index in [4.69, 9.17) is 10.3 Å². The maximum Gasteiger partial charge on any atom is 0.248 e. The van der Waals surface area contributed by atoms with Gasteiger partial charge in [0.25, 0.3) is 0 Å². The highest BCUT2D eigenvalue weighted by molar-refractivity contribution is 5.94. The van der Waals surface area contributed by atoms with Gasteiger partial charge in [0.15, 0.2) is 5.82 Å². The molecule has 0 fully saturated rings. The van der Waals surface area contributed by atoms with Crippen LogP contribution in [0.2, 0.25) is 0 Å². The van der Waals surface area contributed by atoms with Gasteiger partial charge in [-0.05, 0) is 24.3 Å². The molecule has 3 N–H and O–H groups in total. The molecule has 0 unspecified atom stereocenters. The molecule has 1 heterocycles. The molecule has 7 nitrogen and oxygen atoms in total. The van der Waals surface area contributed by atoms with E-state index in [1.807, 2.05) is 13.8 Å². The van der Waals surface area contributed by atoms with Crippen LogP contribution in [0, 0.1) is 0 Å². The van der Waals surface area contributed by atoms with Crippen LogP contribution < -0.4 is 11.1 Å². The summed E-state index contributed by atoms with van der Waals surface area (Å²) in [4.78, 5) is 27.0. The zero-order valence-corrected chi connectivity index (χ0v) is 12.5. The minimum absolute atomic E-state index is 0.170. The molecule has 0 aliphatic carbocycles. The molecule has 0 spiro atoms. The molecule has 0 atom stereocenters. The Labute approximate surface area is 127 Å². The minimum atomic E-state index is -0.504. The van der Waals surface area contributed by atoms with Crippen molar-refractivity contribution in [3.05, 3.63) is 41.5 Å². The molecule has 0 aliphatic heterocycles. The zero-order valence-electron chi connectivity index (χ0n) is 12.5. The number of benzene rings is 1. The number of hydrogen-bond donors (Lipinski definition) is 2. The van der Waals surface area contributed by atoms with Crippen molar-refractivity contribution < 1.29 is 14.1 Å². The molecule has 0 saturated heterocycles. The summed E-state index contributed by atoms with van der Waals surface area (Å²) in [7, 11) is 0. The van der Waals surface area contributed by atoms with Crippen LogP contribution in [0.1, 0.15) is 48.3 Å². The van der Waals surface area contributed by atoms with Crippen molar-refractivity contribution in [1.29, 1.82) is 0 Å². The highest BCUT2D eigenvalue weighted by Crippen LogP contribution is 2.12. The van der Waals surface area contributed by atoms with Crippen molar-refractivity contribution in [2.45, 2.75) is 32.6 Å². The van der Waals surface area contributed by atoms with E-state index in [2.05, 4.69) is 15.5 Å². The predicted octanol–water partition coefficient (Wildman–Crippen LogP) is 1.86. The van der Waals surface area contributed by atoms with E-state index >= 15 is 0 Å². The van der Waals surface area contributed by atoms with Crippen molar-refractivity contribution >= 4 is 17.5 Å². The molecule has 0 radical (unpaired) electrons. The van der Waals surface area contributed by atoms with Crippen molar-refractivity contribution in [2.75, 3.05) is 5.32 Å². The smallest absolute Gasteiger partial charge is 0.248 e. The third-order valence-corrected chi connectivity index (χ3v) is 3.02. The predicted molar refractivity (Wildman–Crippen MR) is 80.3 cm³/mol. The number of anilines is 1. The lowest BCUT2D eigenvalue weighted by Crippen LogP contribution is -2.13. The molecular formula is C15H18N4O3. The summed E-state index contributed by atoms with van der Waals surface area (Å²) in [6, 6.07) is 6.37. The van der Waals surface area contributed by atoms with Gasteiger partial charge in [-0.2, -0.15) is 4.98 Å². The minimum Gasteiger partial charge on any atom is -0.366 e. The SMILES string of the molecule is CC(C)c1noc(CCC(=O)Nc2ccc(C(N)=O)cc2)n1. The number of nitrogens with one attached hydrogen (secondary N) is 1. The quantitative estimate of drug-likeness (QED) is 0.846. The van der Waals surface area contributed by atoms with Crippen LogP contribution in [0.3, 0.4) is 0 Å². The molecule has 0 bridgehead atoms. The van der Waals surface area contributed by atoms with Gasteiger partial charge in [0, 0.05) is 30.0 Å². The number of amides is 2. The van der Waals surface area contributed by atoms with Gasteiger partial charge in [0.1, 0.15) is 0 Å². The highest BCUT2D eigenvalue weighted by Gasteiger charge is 2.11. The summed E-state index contributed by atoms with van der Waals surface area (Å²) in [6.45, 7) is 3.94. The first-order chi connectivity index (χ1) is 10.5. The molecule has 2 rings (SSSR count). The van der Waals surface area contributed by atoms with E-state index in [0.717, 1.165) is 0 Å². The lowest BCUT2D eigenvalue weighted by atomic mass is 10.2. The Kier molecular flexibility index (Phi) is 4.88. The standard InChI is InChI=1S/C15H18N4O3/c1-9(2)15-18-13(22-19-15)8-7-12(20)17-11-5-3-10(4-6-11)14(16)21/h3-6,9H,7-8H2,1-2H3,(H2,16,21)(H,17,20). The van der Waals surface area contributed by atoms with E-state index in [0.29, 0.717) is 29.4 Å². The molecule has 116 valence electrons. The summed E-state index contributed by atoms with van der Waals surface area (Å²) < 4.78 is 5.08. The largest absolute Gasteiger partial charge is 0.366 e. The molecular weight excluding hydrogens is 284 g/mol. The molecule has 7 heteroatoms. The van der Waals surface area contributed by atoms with Crippen molar-refractivity contribution in [1.82, 2.24) is 10.1 Å². The van der Waals surface area contributed by atoms with Crippen molar-refractivity contribution in [3.63, 3.8) is 0 Å². The van der Waals surface area contributed by atoms with Crippen molar-refractivity contribution in [2.24, 2.45) is 5.73 Å². The number of aryl methyl sites for hydroxylation is 1. The van der Waals surface area contributed by atoms with E-state index in [1.165, 1.54) is 0 Å². The lowest BCUT2D eigenvalue weighted by Gasteiger charge is -2.04. The van der Waals surface area contributed by atoms with E-state index in [9.17, 15) is 9.59 Å². The molecule has 0 aliphatic rings. The van der Waals surface area contributed by atoms with Gasteiger partial charge in [0.2, 0.25) is 17.7 Å². The number of primary amides is 1. The van der Waals surface area contributed by atoms with Gasteiger partial charge in [0.05, 0.1) is 0 Å². The first-order valence-electron chi connectivity index (χ1n) is 6.98. The van der Waals surface area contributed by atoms with Gasteiger partial charge < -0.3 is 15.6 Å². The number of nitrogens with zero attached hydrogens (tertiary/aromatic N) is 2. The number of aromatic nitrogens is 2. The summed E-state index contributed by atoms with van der Waals surface area (Å²) in [6.07, 6.45) is 0.613. The van der Waals surface area contributed by atoms with Crippen LogP contribution in [-0.4, -0.2) is 22.0 Å². The van der Waals surface area contributed by atoms with E-state index < -0.39 is 5.91 Å². The second kappa shape index (κ2) is 6.84. The summed E-state index contributed by atoms with van der Waals surface area (Å²) in [5.74, 6) is 0.599. The number of carbonyl (C=O) groups excluding carboxylic acids is 2. The summed E-state index contributed by atoms with van der Waals surface area (Å²) in [5.41, 5.74) is 6.14. The molecule has 1 aromatic carbocycles. The van der Waals surface area contributed by atoms with Crippen molar-refractivity contribution in [3.8, 4) is 0 Å². The Balaban J connectivity index is 1.85. The highest BCUT2D eigenvalue weighted by atomic mass is 16.5. The fourth-order valence-electron chi connectivity index (χ4n) is 1.77. The third kappa shape index (κ3) is 4.15. The topological polar surface area (TPSA) is 111 Å². The van der Waals surface area contributed by atoms with Gasteiger partial charge in [-0.15, -0.1) is 0 Å². The van der Waals surface area contributed by atoms with Gasteiger partial charge in [-0.25, -0.2) is 0 Å². The summed E-state index contributed by atoms with van der Waals surface area (Å²) in [5, 5.41) is 6.57. The van der Waals surface area contributed by atoms with Gasteiger partial charge in [-0.1, -0.05) is 19.0 Å². The maximum atomic E-state index is 11.9.